The van der Waals surface area contributed by atoms with Gasteiger partial charge < -0.3 is 14.8 Å². The van der Waals surface area contributed by atoms with Crippen LogP contribution in [-0.2, 0) is 9.53 Å². The van der Waals surface area contributed by atoms with Gasteiger partial charge in [0.15, 0.2) is 0 Å². The van der Waals surface area contributed by atoms with Crippen LogP contribution in [-0.4, -0.2) is 49.1 Å². The lowest BCUT2D eigenvalue weighted by atomic mass is 9.58. The van der Waals surface area contributed by atoms with Crippen molar-refractivity contribution in [2.45, 2.75) is 39.2 Å². The lowest BCUT2D eigenvalue weighted by Crippen LogP contribution is -2.63. The molecule has 0 aromatic carbocycles. The third-order valence-electron chi connectivity index (χ3n) is 3.83. The first-order chi connectivity index (χ1) is 8.82. The van der Waals surface area contributed by atoms with Crippen LogP contribution in [0.25, 0.3) is 0 Å². The first-order valence-electron chi connectivity index (χ1n) is 6.95. The molecule has 1 spiro atoms. The van der Waals surface area contributed by atoms with E-state index in [2.05, 4.69) is 10.2 Å². The number of nitrogens with one attached hydrogen (secondary N) is 1. The number of rotatable bonds is 4. The molecule has 2 rings (SSSR count). The number of aldehydes is 1. The monoisotopic (exact) mass is 268 g/mol. The number of nitrogens with zero attached hydrogens (tertiary/aromatic N) is 1. The molecule has 1 aliphatic heterocycles. The van der Waals surface area contributed by atoms with Gasteiger partial charge in [-0.15, -0.1) is 0 Å². The van der Waals surface area contributed by atoms with E-state index < -0.39 is 5.60 Å². The van der Waals surface area contributed by atoms with Gasteiger partial charge in [0.2, 0.25) is 0 Å². The second kappa shape index (κ2) is 5.12. The Hall–Kier alpha value is -1.10. The van der Waals surface area contributed by atoms with Crippen LogP contribution in [0.4, 0.5) is 4.79 Å². The van der Waals surface area contributed by atoms with Gasteiger partial charge >= 0.3 is 6.09 Å². The molecule has 19 heavy (non-hydrogen) atoms. The molecule has 108 valence electrons. The van der Waals surface area contributed by atoms with E-state index in [1.165, 1.54) is 0 Å². The molecule has 1 N–H and O–H groups in total. The van der Waals surface area contributed by atoms with Crippen LogP contribution in [0.1, 0.15) is 33.6 Å². The predicted octanol–water partition coefficient (Wildman–Crippen LogP) is 1.42. The summed E-state index contributed by atoms with van der Waals surface area (Å²) in [5.74, 6) is 0.561. The Kier molecular flexibility index (Phi) is 3.85. The molecule has 0 radical (unpaired) electrons. The van der Waals surface area contributed by atoms with E-state index >= 15 is 0 Å². The zero-order valence-corrected chi connectivity index (χ0v) is 12.1. The fraction of sp³-hybridized carbons (Fsp3) is 0.857. The van der Waals surface area contributed by atoms with E-state index in [1.54, 1.807) is 0 Å². The number of likely N-dealkylation sites (tertiary alicyclic amines) is 1. The molecule has 0 bridgehead atoms. The fourth-order valence-electron chi connectivity index (χ4n) is 3.25. The summed E-state index contributed by atoms with van der Waals surface area (Å²) >= 11 is 0. The zero-order valence-electron chi connectivity index (χ0n) is 12.1. The van der Waals surface area contributed by atoms with Gasteiger partial charge in [0.25, 0.3) is 0 Å². The largest absolute Gasteiger partial charge is 0.444 e. The van der Waals surface area contributed by atoms with Crippen molar-refractivity contribution in [3.05, 3.63) is 0 Å². The molecule has 1 saturated carbocycles. The van der Waals surface area contributed by atoms with Crippen LogP contribution >= 0.6 is 0 Å². The minimum atomic E-state index is -0.436. The molecule has 5 nitrogen and oxygen atoms in total. The Morgan fingerprint density at radius 2 is 2.05 bits per heavy atom. The summed E-state index contributed by atoms with van der Waals surface area (Å²) in [6.07, 6.45) is 2.94. The SMILES string of the molecule is CC(C)(C)OC(=O)NCC1CC2(C1)CN(CC=O)C2. The highest BCUT2D eigenvalue weighted by atomic mass is 16.6. The number of hydrogen-bond acceptors (Lipinski definition) is 4. The van der Waals surface area contributed by atoms with Gasteiger partial charge in [-0.2, -0.15) is 0 Å². The van der Waals surface area contributed by atoms with Crippen molar-refractivity contribution in [1.29, 1.82) is 0 Å². The number of alkyl carbamates (subject to hydrolysis) is 1. The first-order valence-corrected chi connectivity index (χ1v) is 6.95. The van der Waals surface area contributed by atoms with Crippen molar-refractivity contribution in [3.8, 4) is 0 Å². The van der Waals surface area contributed by atoms with E-state index in [0.29, 0.717) is 24.4 Å². The van der Waals surface area contributed by atoms with E-state index in [1.807, 2.05) is 20.8 Å². The Balaban J connectivity index is 1.59. The number of hydrogen-bond donors (Lipinski definition) is 1. The van der Waals surface area contributed by atoms with Crippen LogP contribution in [0.3, 0.4) is 0 Å². The number of ether oxygens (including phenoxy) is 1. The van der Waals surface area contributed by atoms with Crippen LogP contribution in [0.5, 0.6) is 0 Å². The van der Waals surface area contributed by atoms with Crippen LogP contribution < -0.4 is 5.32 Å². The van der Waals surface area contributed by atoms with Crippen molar-refractivity contribution in [2.24, 2.45) is 11.3 Å². The summed E-state index contributed by atoms with van der Waals surface area (Å²) in [5, 5.41) is 2.83. The summed E-state index contributed by atoms with van der Waals surface area (Å²) in [6.45, 7) is 8.92. The number of carbonyl (C=O) groups is 2. The van der Waals surface area contributed by atoms with Gasteiger partial charge in [0.1, 0.15) is 11.9 Å². The average molecular weight is 268 g/mol. The predicted molar refractivity (Wildman–Crippen MR) is 71.9 cm³/mol. The van der Waals surface area contributed by atoms with Crippen molar-refractivity contribution in [3.63, 3.8) is 0 Å². The normalized spacial score (nSPS) is 22.5. The van der Waals surface area contributed by atoms with Crippen LogP contribution in [0.2, 0.25) is 0 Å². The lowest BCUT2D eigenvalue weighted by molar-refractivity contribution is -0.120. The molecule has 2 fully saturated rings. The highest BCUT2D eigenvalue weighted by Crippen LogP contribution is 2.51. The Labute approximate surface area is 114 Å². The molecule has 5 heteroatoms. The van der Waals surface area contributed by atoms with E-state index in [4.69, 9.17) is 4.74 Å². The molecule has 1 saturated heterocycles. The molecule has 1 aliphatic carbocycles. The highest BCUT2D eigenvalue weighted by molar-refractivity contribution is 5.67. The standard InChI is InChI=1S/C14H24N2O3/c1-13(2,3)19-12(18)15-8-11-6-14(7-11)9-16(10-14)4-5-17/h5,11H,4,6-10H2,1-3H3,(H,15,18). The van der Waals surface area contributed by atoms with Crippen LogP contribution in [0, 0.1) is 11.3 Å². The highest BCUT2D eigenvalue weighted by Gasteiger charge is 2.51. The van der Waals surface area contributed by atoms with Crippen LogP contribution in [0.15, 0.2) is 0 Å². The molecular formula is C14H24N2O3. The van der Waals surface area contributed by atoms with Crippen molar-refractivity contribution in [2.75, 3.05) is 26.2 Å². The summed E-state index contributed by atoms with van der Waals surface area (Å²) in [5.41, 5.74) is -0.00247. The van der Waals surface area contributed by atoms with Crippen molar-refractivity contribution < 1.29 is 14.3 Å². The van der Waals surface area contributed by atoms with Gasteiger partial charge in [-0.3, -0.25) is 4.90 Å². The van der Waals surface area contributed by atoms with Crippen molar-refractivity contribution in [1.82, 2.24) is 10.2 Å². The number of carbonyl (C=O) groups excluding carboxylic acids is 2. The lowest BCUT2D eigenvalue weighted by Gasteiger charge is -2.59. The maximum atomic E-state index is 11.5. The van der Waals surface area contributed by atoms with Gasteiger partial charge in [-0.1, -0.05) is 0 Å². The minimum absolute atomic E-state index is 0.329. The second-order valence-corrected chi connectivity index (χ2v) is 6.99. The second-order valence-electron chi connectivity index (χ2n) is 6.99. The topological polar surface area (TPSA) is 58.6 Å². The summed E-state index contributed by atoms with van der Waals surface area (Å²) in [6, 6.07) is 0. The number of amides is 1. The quantitative estimate of drug-likeness (QED) is 0.783. The van der Waals surface area contributed by atoms with Crippen molar-refractivity contribution >= 4 is 12.4 Å². The van der Waals surface area contributed by atoms with Gasteiger partial charge in [0, 0.05) is 19.6 Å². The van der Waals surface area contributed by atoms with E-state index in [-0.39, 0.29) is 6.09 Å². The zero-order chi connectivity index (χ0) is 14.1. The Bertz CT molecular complexity index is 348. The van der Waals surface area contributed by atoms with Gasteiger partial charge in [0.05, 0.1) is 6.54 Å². The Morgan fingerprint density at radius 3 is 2.58 bits per heavy atom. The molecule has 0 aromatic heterocycles. The maximum Gasteiger partial charge on any atom is 0.407 e. The summed E-state index contributed by atoms with van der Waals surface area (Å²) in [7, 11) is 0. The molecule has 2 aliphatic rings. The molecular weight excluding hydrogens is 244 g/mol. The van der Waals surface area contributed by atoms with E-state index in [9.17, 15) is 9.59 Å². The smallest absolute Gasteiger partial charge is 0.407 e. The Morgan fingerprint density at radius 1 is 1.42 bits per heavy atom. The molecule has 0 atom stereocenters. The molecule has 1 amide bonds. The fourth-order valence-corrected chi connectivity index (χ4v) is 3.25. The summed E-state index contributed by atoms with van der Waals surface area (Å²) < 4.78 is 5.20. The molecule has 1 heterocycles. The summed E-state index contributed by atoms with van der Waals surface area (Å²) in [4.78, 5) is 24.1. The van der Waals surface area contributed by atoms with Gasteiger partial charge in [-0.05, 0) is 44.9 Å². The minimum Gasteiger partial charge on any atom is -0.444 e. The first kappa shape index (κ1) is 14.3. The third kappa shape index (κ3) is 3.69. The maximum absolute atomic E-state index is 11.5. The molecule has 0 unspecified atom stereocenters. The van der Waals surface area contributed by atoms with E-state index in [0.717, 1.165) is 32.2 Å². The average Bonchev–Trinajstić information content (AvgIpc) is 2.15. The molecule has 0 aromatic rings. The third-order valence-corrected chi connectivity index (χ3v) is 3.83. The van der Waals surface area contributed by atoms with Gasteiger partial charge in [-0.25, -0.2) is 4.79 Å².